The van der Waals surface area contributed by atoms with Crippen LogP contribution in [0.25, 0.3) is 11.0 Å². The van der Waals surface area contributed by atoms with Gasteiger partial charge >= 0.3 is 0 Å². The highest BCUT2D eigenvalue weighted by molar-refractivity contribution is 7.90. The van der Waals surface area contributed by atoms with Gasteiger partial charge in [0, 0.05) is 17.8 Å². The van der Waals surface area contributed by atoms with Crippen LogP contribution in [0.3, 0.4) is 0 Å². The molecule has 1 atom stereocenters. The molecule has 1 unspecified atom stereocenters. The molecule has 0 radical (unpaired) electrons. The van der Waals surface area contributed by atoms with Crippen molar-refractivity contribution < 1.29 is 13.5 Å². The minimum absolute atomic E-state index is 0.208. The van der Waals surface area contributed by atoms with Crippen LogP contribution in [0.4, 0.5) is 0 Å². The number of aryl methyl sites for hydroxylation is 1. The maximum atomic E-state index is 12.8. The first-order valence-electron chi connectivity index (χ1n) is 6.87. The van der Waals surface area contributed by atoms with Crippen LogP contribution >= 0.6 is 0 Å². The fraction of sp³-hybridized carbons (Fsp3) is 0.188. The summed E-state index contributed by atoms with van der Waals surface area (Å²) in [5.41, 5.74) is 1.97. The van der Waals surface area contributed by atoms with Crippen LogP contribution in [0.5, 0.6) is 0 Å². The summed E-state index contributed by atoms with van der Waals surface area (Å²) < 4.78 is 26.7. The second-order valence-corrected chi connectivity index (χ2v) is 7.06. The summed E-state index contributed by atoms with van der Waals surface area (Å²) in [6, 6.07) is 10.0. The largest absolute Gasteiger partial charge is 0.389 e. The van der Waals surface area contributed by atoms with Crippen molar-refractivity contribution in [1.82, 2.24) is 8.96 Å². The van der Waals surface area contributed by atoms with E-state index in [0.717, 1.165) is 9.54 Å². The summed E-state index contributed by atoms with van der Waals surface area (Å²) in [7, 11) is -3.71. The van der Waals surface area contributed by atoms with Crippen molar-refractivity contribution in [3.63, 3.8) is 0 Å². The van der Waals surface area contributed by atoms with Gasteiger partial charge in [-0.25, -0.2) is 17.4 Å². The number of aromatic nitrogens is 2. The zero-order valence-corrected chi connectivity index (χ0v) is 13.1. The van der Waals surface area contributed by atoms with Gasteiger partial charge < -0.3 is 5.11 Å². The predicted molar refractivity (Wildman–Crippen MR) is 84.1 cm³/mol. The molecule has 0 saturated heterocycles. The smallest absolute Gasteiger partial charge is 0.269 e. The highest BCUT2D eigenvalue weighted by Gasteiger charge is 2.21. The van der Waals surface area contributed by atoms with Gasteiger partial charge in [0.15, 0.2) is 5.65 Å². The fourth-order valence-electron chi connectivity index (χ4n) is 2.42. The number of hydrogen-bond acceptors (Lipinski definition) is 4. The fourth-order valence-corrected chi connectivity index (χ4v) is 3.72. The van der Waals surface area contributed by atoms with Gasteiger partial charge in [0.05, 0.1) is 11.0 Å². The number of benzene rings is 1. The van der Waals surface area contributed by atoms with Crippen molar-refractivity contribution in [2.24, 2.45) is 0 Å². The molecule has 0 aliphatic rings. The Morgan fingerprint density at radius 2 is 1.82 bits per heavy atom. The predicted octanol–water partition coefficient (Wildman–Crippen LogP) is 2.64. The first-order valence-corrected chi connectivity index (χ1v) is 8.31. The number of fused-ring (bicyclic) bond motifs is 1. The lowest BCUT2D eigenvalue weighted by Gasteiger charge is -2.09. The zero-order valence-electron chi connectivity index (χ0n) is 12.3. The van der Waals surface area contributed by atoms with Crippen LogP contribution < -0.4 is 0 Å². The van der Waals surface area contributed by atoms with Crippen LogP contribution in [-0.4, -0.2) is 22.5 Å². The summed E-state index contributed by atoms with van der Waals surface area (Å²) in [6.45, 7) is 3.54. The van der Waals surface area contributed by atoms with Gasteiger partial charge in [-0.2, -0.15) is 0 Å². The van der Waals surface area contributed by atoms with E-state index in [1.807, 2.05) is 6.92 Å². The van der Waals surface area contributed by atoms with E-state index in [1.165, 1.54) is 12.4 Å². The Morgan fingerprint density at radius 3 is 2.45 bits per heavy atom. The molecule has 0 bridgehead atoms. The summed E-state index contributed by atoms with van der Waals surface area (Å²) >= 11 is 0. The minimum Gasteiger partial charge on any atom is -0.389 e. The van der Waals surface area contributed by atoms with E-state index in [0.29, 0.717) is 16.6 Å². The molecule has 114 valence electrons. The van der Waals surface area contributed by atoms with Gasteiger partial charge in [0.25, 0.3) is 10.0 Å². The molecule has 0 spiro atoms. The van der Waals surface area contributed by atoms with Gasteiger partial charge in [-0.15, -0.1) is 0 Å². The molecule has 0 amide bonds. The number of nitrogens with zero attached hydrogens (tertiary/aromatic N) is 2. The molecule has 3 rings (SSSR count). The Morgan fingerprint density at radius 1 is 1.14 bits per heavy atom. The summed E-state index contributed by atoms with van der Waals surface area (Å²) in [5, 5.41) is 10.4. The van der Waals surface area contributed by atoms with Gasteiger partial charge in [-0.1, -0.05) is 17.7 Å². The monoisotopic (exact) mass is 316 g/mol. The maximum Gasteiger partial charge on any atom is 0.269 e. The van der Waals surface area contributed by atoms with Crippen molar-refractivity contribution in [3.8, 4) is 0 Å². The Kier molecular flexibility index (Phi) is 3.50. The van der Waals surface area contributed by atoms with Crippen molar-refractivity contribution in [1.29, 1.82) is 0 Å². The SMILES string of the molecule is Cc1ccc(S(=O)(=O)n2ccc3c(C(C)O)ccnc32)cc1. The summed E-state index contributed by atoms with van der Waals surface area (Å²) in [6.07, 6.45) is 2.29. The molecular weight excluding hydrogens is 300 g/mol. The second kappa shape index (κ2) is 5.23. The second-order valence-electron chi connectivity index (χ2n) is 5.24. The molecule has 2 heterocycles. The molecule has 6 heteroatoms. The molecule has 1 N–H and O–H groups in total. The van der Waals surface area contributed by atoms with Crippen LogP contribution in [0.15, 0.2) is 53.7 Å². The summed E-state index contributed by atoms with van der Waals surface area (Å²) in [5.74, 6) is 0. The normalized spacial score (nSPS) is 13.4. The Labute approximate surface area is 128 Å². The standard InChI is InChI=1S/C16H16N2O3S/c1-11-3-5-13(6-4-11)22(20,21)18-10-8-15-14(12(2)19)7-9-17-16(15)18/h3-10,12,19H,1-2H3. The molecule has 2 aromatic heterocycles. The minimum atomic E-state index is -3.71. The lowest BCUT2D eigenvalue weighted by molar-refractivity contribution is 0.201. The number of aliphatic hydroxyl groups excluding tert-OH is 1. The van der Waals surface area contributed by atoms with Crippen molar-refractivity contribution in [3.05, 3.63) is 59.9 Å². The Hall–Kier alpha value is -2.18. The first-order chi connectivity index (χ1) is 10.4. The molecule has 22 heavy (non-hydrogen) atoms. The highest BCUT2D eigenvalue weighted by atomic mass is 32.2. The van der Waals surface area contributed by atoms with Crippen LogP contribution in [-0.2, 0) is 10.0 Å². The Bertz CT molecular complexity index is 926. The van der Waals surface area contributed by atoms with Crippen LogP contribution in [0, 0.1) is 6.92 Å². The van der Waals surface area contributed by atoms with Gasteiger partial charge in [-0.05, 0) is 43.7 Å². The van der Waals surface area contributed by atoms with Gasteiger partial charge in [0.1, 0.15) is 0 Å². The average molecular weight is 316 g/mol. The first kappa shape index (κ1) is 14.7. The lowest BCUT2D eigenvalue weighted by Crippen LogP contribution is -2.12. The molecule has 1 aromatic carbocycles. The van der Waals surface area contributed by atoms with E-state index in [2.05, 4.69) is 4.98 Å². The van der Waals surface area contributed by atoms with E-state index >= 15 is 0 Å². The van der Waals surface area contributed by atoms with Crippen LogP contribution in [0.2, 0.25) is 0 Å². The molecule has 0 aliphatic carbocycles. The third-order valence-corrected chi connectivity index (χ3v) is 5.30. The van der Waals surface area contributed by atoms with E-state index in [9.17, 15) is 13.5 Å². The third kappa shape index (κ3) is 2.30. The molecule has 5 nitrogen and oxygen atoms in total. The van der Waals surface area contributed by atoms with E-state index in [4.69, 9.17) is 0 Å². The van der Waals surface area contributed by atoms with E-state index < -0.39 is 16.1 Å². The highest BCUT2D eigenvalue weighted by Crippen LogP contribution is 2.26. The third-order valence-electron chi connectivity index (χ3n) is 3.62. The van der Waals surface area contributed by atoms with E-state index in [-0.39, 0.29) is 4.90 Å². The van der Waals surface area contributed by atoms with Crippen molar-refractivity contribution in [2.75, 3.05) is 0 Å². The molecular formula is C16H16N2O3S. The Balaban J connectivity index is 2.22. The maximum absolute atomic E-state index is 12.8. The number of hydrogen-bond donors (Lipinski definition) is 1. The van der Waals surface area contributed by atoms with Gasteiger partial charge in [0.2, 0.25) is 0 Å². The van der Waals surface area contributed by atoms with Crippen LogP contribution in [0.1, 0.15) is 24.2 Å². The molecule has 0 saturated carbocycles. The summed E-state index contributed by atoms with van der Waals surface area (Å²) in [4.78, 5) is 4.37. The average Bonchev–Trinajstić information content (AvgIpc) is 2.92. The molecule has 3 aromatic rings. The quantitative estimate of drug-likeness (QED) is 0.806. The van der Waals surface area contributed by atoms with Crippen molar-refractivity contribution >= 4 is 21.1 Å². The topological polar surface area (TPSA) is 72.2 Å². The molecule has 0 aliphatic heterocycles. The van der Waals surface area contributed by atoms with E-state index in [1.54, 1.807) is 43.3 Å². The number of pyridine rings is 1. The van der Waals surface area contributed by atoms with Crippen molar-refractivity contribution in [2.45, 2.75) is 24.8 Å². The van der Waals surface area contributed by atoms with Gasteiger partial charge in [-0.3, -0.25) is 0 Å². The number of rotatable bonds is 3. The molecule has 0 fully saturated rings. The lowest BCUT2D eigenvalue weighted by atomic mass is 10.1. The number of aliphatic hydroxyl groups is 1. The zero-order chi connectivity index (χ0) is 15.9.